The molecule has 0 bridgehead atoms. The lowest BCUT2D eigenvalue weighted by Gasteiger charge is -2.08. The molecule has 1 aromatic rings. The summed E-state index contributed by atoms with van der Waals surface area (Å²) in [6, 6.07) is 8.29. The number of unbranched alkanes of at least 4 members (excludes halogenated alkanes) is 9. The number of rotatable bonds is 19. The molecule has 190 valence electrons. The van der Waals surface area contributed by atoms with E-state index in [2.05, 4.69) is 43.4 Å². The highest BCUT2D eigenvalue weighted by molar-refractivity contribution is 5.75. The molecule has 1 amide bonds. The van der Waals surface area contributed by atoms with Crippen LogP contribution >= 0.6 is 0 Å². The summed E-state index contributed by atoms with van der Waals surface area (Å²) in [4.78, 5) is 22.9. The summed E-state index contributed by atoms with van der Waals surface area (Å²) in [6.07, 6.45) is 13.3. The van der Waals surface area contributed by atoms with Crippen LogP contribution in [-0.2, 0) is 27.5 Å². The van der Waals surface area contributed by atoms with Gasteiger partial charge in [0, 0.05) is 26.0 Å². The zero-order valence-corrected chi connectivity index (χ0v) is 22.2. The van der Waals surface area contributed by atoms with E-state index in [1.54, 1.807) is 6.92 Å². The van der Waals surface area contributed by atoms with Gasteiger partial charge in [-0.3, -0.25) is 4.79 Å². The van der Waals surface area contributed by atoms with Gasteiger partial charge in [-0.2, -0.15) is 0 Å². The van der Waals surface area contributed by atoms with E-state index in [1.807, 2.05) is 13.8 Å². The zero-order chi connectivity index (χ0) is 24.7. The molecule has 0 aromatic heterocycles. The highest BCUT2D eigenvalue weighted by atomic mass is 16.5. The molecule has 0 atom stereocenters. The highest BCUT2D eigenvalue weighted by Crippen LogP contribution is 2.12. The first kappa shape index (κ1) is 31.3. The summed E-state index contributed by atoms with van der Waals surface area (Å²) in [7, 11) is 0. The number of carbonyl (C=O) groups excluding carboxylic acids is 2. The van der Waals surface area contributed by atoms with Gasteiger partial charge in [-0.25, -0.2) is 0 Å². The number of nitrogens with one attached hydrogen (secondary N) is 1. The molecule has 0 fully saturated rings. The summed E-state index contributed by atoms with van der Waals surface area (Å²) >= 11 is 0. The predicted molar refractivity (Wildman–Crippen MR) is 140 cm³/mol. The van der Waals surface area contributed by atoms with E-state index >= 15 is 0 Å². The SMILES string of the molecule is CC.CC(=O)CCCCCCCCCCCCC(=O)NCc1ccc(COCC(C)C)cc1. The van der Waals surface area contributed by atoms with Gasteiger partial charge < -0.3 is 14.8 Å². The van der Waals surface area contributed by atoms with E-state index in [0.717, 1.165) is 37.9 Å². The Morgan fingerprint density at radius 1 is 0.758 bits per heavy atom. The van der Waals surface area contributed by atoms with Crippen LogP contribution < -0.4 is 5.32 Å². The zero-order valence-electron chi connectivity index (χ0n) is 22.2. The average molecular weight is 462 g/mol. The minimum absolute atomic E-state index is 0.148. The smallest absolute Gasteiger partial charge is 0.220 e. The van der Waals surface area contributed by atoms with Crippen molar-refractivity contribution in [3.05, 3.63) is 35.4 Å². The van der Waals surface area contributed by atoms with Gasteiger partial charge in [0.25, 0.3) is 0 Å². The lowest BCUT2D eigenvalue weighted by atomic mass is 10.0. The number of hydrogen-bond acceptors (Lipinski definition) is 3. The Labute approximate surface area is 204 Å². The van der Waals surface area contributed by atoms with Crippen molar-refractivity contribution in [3.8, 4) is 0 Å². The topological polar surface area (TPSA) is 55.4 Å². The second-order valence-electron chi connectivity index (χ2n) is 9.24. The fraction of sp³-hybridized carbons (Fsp3) is 0.724. The molecule has 0 aliphatic heterocycles. The molecule has 4 nitrogen and oxygen atoms in total. The maximum absolute atomic E-state index is 12.0. The monoisotopic (exact) mass is 461 g/mol. The number of ketones is 1. The third-order valence-corrected chi connectivity index (χ3v) is 5.42. The Balaban J connectivity index is 0.00000497. The predicted octanol–water partition coefficient (Wildman–Crippen LogP) is 7.77. The van der Waals surface area contributed by atoms with E-state index in [4.69, 9.17) is 4.74 Å². The third-order valence-electron chi connectivity index (χ3n) is 5.42. The van der Waals surface area contributed by atoms with Gasteiger partial charge in [-0.15, -0.1) is 0 Å². The van der Waals surface area contributed by atoms with Gasteiger partial charge >= 0.3 is 0 Å². The minimum atomic E-state index is 0.148. The van der Waals surface area contributed by atoms with Crippen LogP contribution in [0.2, 0.25) is 0 Å². The van der Waals surface area contributed by atoms with Crippen LogP contribution in [0.5, 0.6) is 0 Å². The second kappa shape index (κ2) is 22.1. The van der Waals surface area contributed by atoms with Crippen molar-refractivity contribution in [1.82, 2.24) is 5.32 Å². The second-order valence-corrected chi connectivity index (χ2v) is 9.24. The molecule has 1 rings (SSSR count). The maximum Gasteiger partial charge on any atom is 0.220 e. The number of benzene rings is 1. The summed E-state index contributed by atoms with van der Waals surface area (Å²) < 4.78 is 5.65. The molecule has 0 aliphatic rings. The Hall–Kier alpha value is -1.68. The van der Waals surface area contributed by atoms with Gasteiger partial charge in [-0.05, 0) is 36.8 Å². The summed E-state index contributed by atoms with van der Waals surface area (Å²) in [5, 5.41) is 3.03. The van der Waals surface area contributed by atoms with Gasteiger partial charge in [0.15, 0.2) is 0 Å². The largest absolute Gasteiger partial charge is 0.377 e. The molecule has 0 unspecified atom stereocenters. The molecule has 1 aromatic carbocycles. The van der Waals surface area contributed by atoms with Crippen LogP contribution in [0.25, 0.3) is 0 Å². The van der Waals surface area contributed by atoms with Crippen molar-refractivity contribution < 1.29 is 14.3 Å². The van der Waals surface area contributed by atoms with Crippen molar-refractivity contribution in [3.63, 3.8) is 0 Å². The fourth-order valence-electron chi connectivity index (χ4n) is 3.53. The van der Waals surface area contributed by atoms with Crippen molar-refractivity contribution in [1.29, 1.82) is 0 Å². The molecular formula is C29H51NO3. The standard InChI is InChI=1S/C27H45NO3.C2H6/c1-23(2)21-31-22-26-18-16-25(17-19-26)20-28-27(30)15-13-11-9-7-5-4-6-8-10-12-14-24(3)29;1-2/h16-19,23H,4-15,20-22H2,1-3H3,(H,28,30);1-2H3. The Bertz CT molecular complexity index is 595. The lowest BCUT2D eigenvalue weighted by molar-refractivity contribution is -0.121. The lowest BCUT2D eigenvalue weighted by Crippen LogP contribution is -2.22. The molecule has 33 heavy (non-hydrogen) atoms. The first-order chi connectivity index (χ1) is 16.0. The van der Waals surface area contributed by atoms with Crippen LogP contribution in [0.4, 0.5) is 0 Å². The quantitative estimate of drug-likeness (QED) is 0.214. The average Bonchev–Trinajstić information content (AvgIpc) is 2.80. The number of Topliss-reactive ketones (excluding diaryl/α,β-unsaturated/α-hetero) is 1. The summed E-state index contributed by atoms with van der Waals surface area (Å²) in [5.41, 5.74) is 2.30. The van der Waals surface area contributed by atoms with Gasteiger partial charge in [0.2, 0.25) is 5.91 Å². The molecule has 4 heteroatoms. The third kappa shape index (κ3) is 20.6. The summed E-state index contributed by atoms with van der Waals surface area (Å²) in [6.45, 7) is 12.0. The number of carbonyl (C=O) groups is 2. The van der Waals surface area contributed by atoms with E-state index in [-0.39, 0.29) is 5.91 Å². The molecule has 1 N–H and O–H groups in total. The molecule has 0 saturated carbocycles. The Morgan fingerprint density at radius 2 is 1.21 bits per heavy atom. The first-order valence-corrected chi connectivity index (χ1v) is 13.4. The number of hydrogen-bond donors (Lipinski definition) is 1. The number of amides is 1. The molecule has 0 aliphatic carbocycles. The minimum Gasteiger partial charge on any atom is -0.377 e. The van der Waals surface area contributed by atoms with E-state index in [9.17, 15) is 9.59 Å². The van der Waals surface area contributed by atoms with Gasteiger partial charge in [0.1, 0.15) is 5.78 Å². The van der Waals surface area contributed by atoms with E-state index in [1.165, 1.54) is 50.5 Å². The highest BCUT2D eigenvalue weighted by Gasteiger charge is 2.03. The van der Waals surface area contributed by atoms with Crippen LogP contribution in [-0.4, -0.2) is 18.3 Å². The van der Waals surface area contributed by atoms with Gasteiger partial charge in [0.05, 0.1) is 6.61 Å². The number of ether oxygens (including phenoxy) is 1. The van der Waals surface area contributed by atoms with E-state index in [0.29, 0.717) is 31.3 Å². The van der Waals surface area contributed by atoms with Crippen LogP contribution in [0, 0.1) is 5.92 Å². The molecule has 0 saturated heterocycles. The Kier molecular flexibility index (Phi) is 21.0. The maximum atomic E-state index is 12.0. The molecular weight excluding hydrogens is 410 g/mol. The Morgan fingerprint density at radius 3 is 1.70 bits per heavy atom. The fourth-order valence-corrected chi connectivity index (χ4v) is 3.53. The first-order valence-electron chi connectivity index (χ1n) is 13.4. The van der Waals surface area contributed by atoms with E-state index < -0.39 is 0 Å². The van der Waals surface area contributed by atoms with Crippen LogP contribution in [0.1, 0.15) is 123 Å². The summed E-state index contributed by atoms with van der Waals surface area (Å²) in [5.74, 6) is 1.01. The van der Waals surface area contributed by atoms with Crippen molar-refractivity contribution in [2.45, 2.75) is 125 Å². The van der Waals surface area contributed by atoms with Crippen LogP contribution in [0.3, 0.4) is 0 Å². The molecule has 0 heterocycles. The molecule has 0 spiro atoms. The van der Waals surface area contributed by atoms with Crippen molar-refractivity contribution >= 4 is 11.7 Å². The van der Waals surface area contributed by atoms with Crippen molar-refractivity contribution in [2.75, 3.05) is 6.61 Å². The molecule has 0 radical (unpaired) electrons. The van der Waals surface area contributed by atoms with Gasteiger partial charge in [-0.1, -0.05) is 103 Å². The normalized spacial score (nSPS) is 10.6. The van der Waals surface area contributed by atoms with Crippen molar-refractivity contribution in [2.24, 2.45) is 5.92 Å². The van der Waals surface area contributed by atoms with Crippen LogP contribution in [0.15, 0.2) is 24.3 Å².